The highest BCUT2D eigenvalue weighted by atomic mass is 32.2. The molecular weight excluding hydrogens is 378 g/mol. The molecule has 1 N–H and O–H groups in total. The fourth-order valence-corrected chi connectivity index (χ4v) is 4.68. The van der Waals surface area contributed by atoms with Crippen molar-refractivity contribution in [2.45, 2.75) is 38.3 Å². The first-order chi connectivity index (χ1) is 13.3. The molecule has 0 aliphatic carbocycles. The minimum absolute atomic E-state index is 0.0833. The summed E-state index contributed by atoms with van der Waals surface area (Å²) in [6.45, 7) is 3.33. The van der Waals surface area contributed by atoms with Gasteiger partial charge in [0.1, 0.15) is 11.9 Å². The molecular formula is C20H31N3O4S. The number of piperidine rings is 2. The first kappa shape index (κ1) is 21.1. The Kier molecular flexibility index (Phi) is 6.95. The van der Waals surface area contributed by atoms with Crippen molar-refractivity contribution in [1.29, 1.82) is 0 Å². The molecule has 0 spiro atoms. The van der Waals surface area contributed by atoms with Crippen LogP contribution in [0.1, 0.15) is 31.2 Å². The largest absolute Gasteiger partial charge is 0.490 e. The van der Waals surface area contributed by atoms with Crippen molar-refractivity contribution in [2.24, 2.45) is 5.92 Å². The molecule has 0 unspecified atom stereocenters. The Hall–Kier alpha value is -1.64. The van der Waals surface area contributed by atoms with Gasteiger partial charge in [-0.05, 0) is 50.4 Å². The molecule has 3 rings (SSSR count). The SMILES string of the molecule is CN1CCC(Oc2ccc(CNC(=O)[C@@H]3CCCN(S(C)(=O)=O)C3)cc2)CC1. The van der Waals surface area contributed by atoms with E-state index in [1.165, 1.54) is 10.6 Å². The van der Waals surface area contributed by atoms with E-state index in [9.17, 15) is 13.2 Å². The number of hydrogen-bond donors (Lipinski definition) is 1. The fourth-order valence-electron chi connectivity index (χ4n) is 3.77. The van der Waals surface area contributed by atoms with E-state index in [2.05, 4.69) is 17.3 Å². The van der Waals surface area contributed by atoms with Crippen LogP contribution in [0.25, 0.3) is 0 Å². The van der Waals surface area contributed by atoms with Crippen LogP contribution in [0.5, 0.6) is 5.75 Å². The Balaban J connectivity index is 1.46. The van der Waals surface area contributed by atoms with Crippen LogP contribution in [0, 0.1) is 5.92 Å². The van der Waals surface area contributed by atoms with Gasteiger partial charge in [-0.2, -0.15) is 0 Å². The van der Waals surface area contributed by atoms with Crippen LogP contribution in [0.15, 0.2) is 24.3 Å². The fraction of sp³-hybridized carbons (Fsp3) is 0.650. The van der Waals surface area contributed by atoms with Gasteiger partial charge in [0.25, 0.3) is 0 Å². The van der Waals surface area contributed by atoms with Gasteiger partial charge in [0.05, 0.1) is 12.2 Å². The predicted octanol–water partition coefficient (Wildman–Crippen LogP) is 1.45. The summed E-state index contributed by atoms with van der Waals surface area (Å²) < 4.78 is 30.9. The number of nitrogens with one attached hydrogen (secondary N) is 1. The smallest absolute Gasteiger partial charge is 0.224 e. The number of carbonyl (C=O) groups is 1. The summed E-state index contributed by atoms with van der Waals surface area (Å²) in [5.41, 5.74) is 1.000. The first-order valence-corrected chi connectivity index (χ1v) is 11.8. The molecule has 0 radical (unpaired) electrons. The summed E-state index contributed by atoms with van der Waals surface area (Å²) in [7, 11) is -1.11. The van der Waals surface area contributed by atoms with E-state index in [4.69, 9.17) is 4.74 Å². The Morgan fingerprint density at radius 1 is 1.14 bits per heavy atom. The summed E-state index contributed by atoms with van der Waals surface area (Å²) in [6.07, 6.45) is 4.99. The van der Waals surface area contributed by atoms with Gasteiger partial charge in [-0.15, -0.1) is 0 Å². The van der Waals surface area contributed by atoms with Crippen LogP contribution in [-0.4, -0.2) is 69.1 Å². The molecule has 1 amide bonds. The number of hydrogen-bond acceptors (Lipinski definition) is 5. The third-order valence-corrected chi connectivity index (χ3v) is 6.85. The average Bonchev–Trinajstić information content (AvgIpc) is 2.68. The van der Waals surface area contributed by atoms with E-state index in [0.717, 1.165) is 43.7 Å². The third-order valence-electron chi connectivity index (χ3n) is 5.58. The van der Waals surface area contributed by atoms with Crippen LogP contribution in [0.4, 0.5) is 0 Å². The van der Waals surface area contributed by atoms with Crippen molar-refractivity contribution < 1.29 is 17.9 Å². The monoisotopic (exact) mass is 409 g/mol. The van der Waals surface area contributed by atoms with Crippen LogP contribution < -0.4 is 10.1 Å². The third kappa shape index (κ3) is 5.93. The molecule has 1 aromatic carbocycles. The molecule has 1 aromatic rings. The molecule has 0 bridgehead atoms. The number of nitrogens with zero attached hydrogens (tertiary/aromatic N) is 2. The molecule has 8 heteroatoms. The summed E-state index contributed by atoms with van der Waals surface area (Å²) in [5, 5.41) is 2.94. The Labute approximate surface area is 168 Å². The van der Waals surface area contributed by atoms with Crippen LogP contribution in [0.2, 0.25) is 0 Å². The topological polar surface area (TPSA) is 79.0 Å². The van der Waals surface area contributed by atoms with E-state index >= 15 is 0 Å². The second-order valence-corrected chi connectivity index (χ2v) is 9.92. The zero-order valence-corrected chi connectivity index (χ0v) is 17.6. The summed E-state index contributed by atoms with van der Waals surface area (Å²) in [5.74, 6) is 0.497. The minimum Gasteiger partial charge on any atom is -0.490 e. The van der Waals surface area contributed by atoms with Crippen LogP contribution in [0.3, 0.4) is 0 Å². The molecule has 2 fully saturated rings. The van der Waals surface area contributed by atoms with Crippen molar-refractivity contribution in [3.05, 3.63) is 29.8 Å². The number of benzene rings is 1. The lowest BCUT2D eigenvalue weighted by atomic mass is 9.99. The van der Waals surface area contributed by atoms with Gasteiger partial charge in [0, 0.05) is 32.7 Å². The van der Waals surface area contributed by atoms with E-state index in [1.54, 1.807) is 0 Å². The van der Waals surface area contributed by atoms with Gasteiger partial charge in [-0.1, -0.05) is 12.1 Å². The number of rotatable bonds is 6. The number of sulfonamides is 1. The number of ether oxygens (including phenoxy) is 1. The van der Waals surface area contributed by atoms with Gasteiger partial charge >= 0.3 is 0 Å². The molecule has 7 nitrogen and oxygen atoms in total. The number of carbonyl (C=O) groups excluding carboxylic acids is 1. The van der Waals surface area contributed by atoms with Crippen molar-refractivity contribution in [2.75, 3.05) is 39.5 Å². The second kappa shape index (κ2) is 9.24. The standard InChI is InChI=1S/C20H31N3O4S/c1-22-12-9-19(10-13-22)27-18-7-5-16(6-8-18)14-21-20(24)17-4-3-11-23(15-17)28(2,25)26/h5-8,17,19H,3-4,9-15H2,1-2H3,(H,21,24)/t17-/m1/s1. The maximum absolute atomic E-state index is 12.4. The maximum Gasteiger partial charge on any atom is 0.224 e. The zero-order valence-electron chi connectivity index (χ0n) is 16.8. The second-order valence-electron chi connectivity index (χ2n) is 7.94. The molecule has 2 saturated heterocycles. The Bertz CT molecular complexity index is 758. The van der Waals surface area contributed by atoms with Gasteiger partial charge in [0.15, 0.2) is 0 Å². The van der Waals surface area contributed by atoms with Gasteiger partial charge in [-0.3, -0.25) is 4.79 Å². The normalized spacial score (nSPS) is 22.7. The Morgan fingerprint density at radius 2 is 1.82 bits per heavy atom. The van der Waals surface area contributed by atoms with Gasteiger partial charge in [-0.25, -0.2) is 12.7 Å². The van der Waals surface area contributed by atoms with E-state index < -0.39 is 10.0 Å². The quantitative estimate of drug-likeness (QED) is 0.769. The molecule has 2 heterocycles. The highest BCUT2D eigenvalue weighted by molar-refractivity contribution is 7.88. The lowest BCUT2D eigenvalue weighted by Crippen LogP contribution is -2.44. The van der Waals surface area contributed by atoms with Gasteiger partial charge < -0.3 is 15.0 Å². The Morgan fingerprint density at radius 3 is 2.46 bits per heavy atom. The van der Waals surface area contributed by atoms with Crippen molar-refractivity contribution >= 4 is 15.9 Å². The maximum atomic E-state index is 12.4. The summed E-state index contributed by atoms with van der Waals surface area (Å²) in [4.78, 5) is 14.8. The van der Waals surface area contributed by atoms with E-state index in [0.29, 0.717) is 19.5 Å². The van der Waals surface area contributed by atoms with Crippen molar-refractivity contribution in [3.8, 4) is 5.75 Å². The molecule has 0 aromatic heterocycles. The lowest BCUT2D eigenvalue weighted by molar-refractivity contribution is -0.126. The summed E-state index contributed by atoms with van der Waals surface area (Å²) in [6, 6.07) is 7.83. The molecule has 0 saturated carbocycles. The number of likely N-dealkylation sites (tertiary alicyclic amines) is 1. The number of amides is 1. The van der Waals surface area contributed by atoms with Crippen molar-refractivity contribution in [3.63, 3.8) is 0 Å². The molecule has 156 valence electrons. The summed E-state index contributed by atoms with van der Waals surface area (Å²) >= 11 is 0. The van der Waals surface area contributed by atoms with E-state index in [1.807, 2.05) is 24.3 Å². The molecule has 2 aliphatic rings. The lowest BCUT2D eigenvalue weighted by Gasteiger charge is -2.30. The predicted molar refractivity (Wildman–Crippen MR) is 109 cm³/mol. The molecule has 28 heavy (non-hydrogen) atoms. The average molecular weight is 410 g/mol. The first-order valence-electron chi connectivity index (χ1n) is 9.98. The molecule has 2 aliphatic heterocycles. The highest BCUT2D eigenvalue weighted by Crippen LogP contribution is 2.20. The highest BCUT2D eigenvalue weighted by Gasteiger charge is 2.29. The van der Waals surface area contributed by atoms with Gasteiger partial charge in [0.2, 0.25) is 15.9 Å². The van der Waals surface area contributed by atoms with Crippen molar-refractivity contribution in [1.82, 2.24) is 14.5 Å². The van der Waals surface area contributed by atoms with Crippen LogP contribution in [-0.2, 0) is 21.4 Å². The zero-order chi connectivity index (χ0) is 20.1. The molecule has 1 atom stereocenters. The van der Waals surface area contributed by atoms with Crippen LogP contribution >= 0.6 is 0 Å². The minimum atomic E-state index is -3.24. The van der Waals surface area contributed by atoms with E-state index in [-0.39, 0.29) is 24.5 Å².